The van der Waals surface area contributed by atoms with Crippen LogP contribution in [0.3, 0.4) is 0 Å². The maximum atomic E-state index is 13.1. The second kappa shape index (κ2) is 5.71. The molecule has 0 unspecified atom stereocenters. The van der Waals surface area contributed by atoms with Crippen molar-refractivity contribution in [1.29, 1.82) is 0 Å². The minimum atomic E-state index is -0.581. The number of rotatable bonds is 3. The number of carbonyl (C=O) groups excluding carboxylic acids is 2. The number of hydrogen-bond acceptors (Lipinski definition) is 2. The van der Waals surface area contributed by atoms with Crippen LogP contribution < -0.4 is 16.0 Å². The molecule has 6 heteroatoms. The molecular weight excluding hydrogens is 273 g/mol. The van der Waals surface area contributed by atoms with E-state index < -0.39 is 6.04 Å². The molecule has 21 heavy (non-hydrogen) atoms. The van der Waals surface area contributed by atoms with Crippen molar-refractivity contribution in [2.75, 3.05) is 6.54 Å². The van der Waals surface area contributed by atoms with E-state index in [0.29, 0.717) is 0 Å². The lowest BCUT2D eigenvalue weighted by molar-refractivity contribution is -0.124. The highest BCUT2D eigenvalue weighted by atomic mass is 19.1. The first-order chi connectivity index (χ1) is 9.77. The SMILES string of the molecule is CC(C)(C)[C@H](NC(=O)[C@H]1CNC(=O)N1)c1ccc(F)cc1. The highest BCUT2D eigenvalue weighted by Gasteiger charge is 2.32. The van der Waals surface area contributed by atoms with E-state index in [1.807, 2.05) is 20.8 Å². The first-order valence-corrected chi connectivity index (χ1v) is 6.87. The Morgan fingerprint density at radius 1 is 1.33 bits per heavy atom. The van der Waals surface area contributed by atoms with Crippen molar-refractivity contribution >= 4 is 11.9 Å². The highest BCUT2D eigenvalue weighted by Crippen LogP contribution is 2.32. The van der Waals surface area contributed by atoms with Gasteiger partial charge in [-0.25, -0.2) is 9.18 Å². The smallest absolute Gasteiger partial charge is 0.315 e. The monoisotopic (exact) mass is 293 g/mol. The summed E-state index contributed by atoms with van der Waals surface area (Å²) in [5, 5.41) is 8.04. The summed E-state index contributed by atoms with van der Waals surface area (Å²) in [6, 6.07) is 4.88. The number of benzene rings is 1. The zero-order valence-corrected chi connectivity index (χ0v) is 12.4. The molecular formula is C15H20FN3O2. The van der Waals surface area contributed by atoms with Gasteiger partial charge in [0, 0.05) is 6.54 Å². The lowest BCUT2D eigenvalue weighted by Gasteiger charge is -2.32. The number of nitrogens with one attached hydrogen (secondary N) is 3. The summed E-state index contributed by atoms with van der Waals surface area (Å²) in [5.41, 5.74) is 0.582. The Kier molecular flexibility index (Phi) is 4.16. The van der Waals surface area contributed by atoms with Crippen LogP contribution in [-0.2, 0) is 4.79 Å². The Labute approximate surface area is 123 Å². The van der Waals surface area contributed by atoms with Crippen LogP contribution in [0.5, 0.6) is 0 Å². The van der Waals surface area contributed by atoms with Gasteiger partial charge in [-0.2, -0.15) is 0 Å². The minimum absolute atomic E-state index is 0.246. The van der Waals surface area contributed by atoms with Crippen LogP contribution in [0.2, 0.25) is 0 Å². The van der Waals surface area contributed by atoms with Gasteiger partial charge in [-0.1, -0.05) is 32.9 Å². The van der Waals surface area contributed by atoms with Crippen molar-refractivity contribution in [2.24, 2.45) is 5.41 Å². The topological polar surface area (TPSA) is 70.2 Å². The molecule has 0 bridgehead atoms. The summed E-state index contributed by atoms with van der Waals surface area (Å²) < 4.78 is 13.1. The average molecular weight is 293 g/mol. The molecule has 2 atom stereocenters. The van der Waals surface area contributed by atoms with Gasteiger partial charge in [-0.05, 0) is 23.1 Å². The van der Waals surface area contributed by atoms with Crippen molar-refractivity contribution in [3.63, 3.8) is 0 Å². The Hall–Kier alpha value is -2.11. The number of amides is 3. The average Bonchev–Trinajstić information content (AvgIpc) is 2.82. The standard InChI is InChI=1S/C15H20FN3O2/c1-15(2,3)12(9-4-6-10(16)7-5-9)19-13(20)11-8-17-14(21)18-11/h4-7,11-12H,8H2,1-3H3,(H,19,20)(H2,17,18,21)/t11-,12-/m1/s1. The van der Waals surface area contributed by atoms with Crippen LogP contribution in [0.4, 0.5) is 9.18 Å². The number of hydrogen-bond donors (Lipinski definition) is 3. The lowest BCUT2D eigenvalue weighted by Crippen LogP contribution is -2.47. The van der Waals surface area contributed by atoms with Crippen LogP contribution >= 0.6 is 0 Å². The van der Waals surface area contributed by atoms with Gasteiger partial charge in [0.25, 0.3) is 0 Å². The molecule has 1 aromatic carbocycles. The fourth-order valence-corrected chi connectivity index (χ4v) is 2.31. The van der Waals surface area contributed by atoms with Gasteiger partial charge in [0.15, 0.2) is 0 Å². The normalized spacial score (nSPS) is 19.6. The second-order valence-electron chi connectivity index (χ2n) is 6.27. The third-order valence-electron chi connectivity index (χ3n) is 3.44. The van der Waals surface area contributed by atoms with Gasteiger partial charge in [0.05, 0.1) is 6.04 Å². The largest absolute Gasteiger partial charge is 0.347 e. The Morgan fingerprint density at radius 3 is 2.43 bits per heavy atom. The van der Waals surface area contributed by atoms with E-state index >= 15 is 0 Å². The summed E-state index contributed by atoms with van der Waals surface area (Å²) in [6.45, 7) is 6.25. The molecule has 0 radical (unpaired) electrons. The third-order valence-corrected chi connectivity index (χ3v) is 3.44. The van der Waals surface area contributed by atoms with E-state index in [9.17, 15) is 14.0 Å². The summed E-state index contributed by atoms with van der Waals surface area (Å²) in [4.78, 5) is 23.4. The van der Waals surface area contributed by atoms with Gasteiger partial charge in [0.2, 0.25) is 5.91 Å². The van der Waals surface area contributed by atoms with Gasteiger partial charge in [0.1, 0.15) is 11.9 Å². The van der Waals surface area contributed by atoms with Crippen molar-refractivity contribution in [1.82, 2.24) is 16.0 Å². The predicted octanol–water partition coefficient (Wildman–Crippen LogP) is 1.71. The van der Waals surface area contributed by atoms with Crippen LogP contribution in [0.25, 0.3) is 0 Å². The zero-order chi connectivity index (χ0) is 15.6. The molecule has 114 valence electrons. The van der Waals surface area contributed by atoms with E-state index in [1.54, 1.807) is 12.1 Å². The summed E-state index contributed by atoms with van der Waals surface area (Å²) >= 11 is 0. The van der Waals surface area contributed by atoms with E-state index in [0.717, 1.165) is 5.56 Å². The molecule has 1 aliphatic rings. The molecule has 1 aromatic rings. The number of carbonyl (C=O) groups is 2. The lowest BCUT2D eigenvalue weighted by atomic mass is 9.82. The van der Waals surface area contributed by atoms with Crippen LogP contribution in [0, 0.1) is 11.2 Å². The highest BCUT2D eigenvalue weighted by molar-refractivity contribution is 5.90. The Bertz CT molecular complexity index is 537. The van der Waals surface area contributed by atoms with Crippen LogP contribution in [0.15, 0.2) is 24.3 Å². The van der Waals surface area contributed by atoms with Crippen LogP contribution in [-0.4, -0.2) is 24.5 Å². The predicted molar refractivity (Wildman–Crippen MR) is 77.1 cm³/mol. The molecule has 0 aromatic heterocycles. The maximum Gasteiger partial charge on any atom is 0.315 e. The summed E-state index contributed by atoms with van der Waals surface area (Å²) in [6.07, 6.45) is 0. The maximum absolute atomic E-state index is 13.1. The molecule has 3 amide bonds. The Morgan fingerprint density at radius 2 is 1.95 bits per heavy atom. The van der Waals surface area contributed by atoms with Gasteiger partial charge >= 0.3 is 6.03 Å². The molecule has 0 saturated carbocycles. The van der Waals surface area contributed by atoms with E-state index in [-0.39, 0.29) is 35.8 Å². The molecule has 5 nitrogen and oxygen atoms in total. The van der Waals surface area contributed by atoms with Gasteiger partial charge < -0.3 is 16.0 Å². The molecule has 1 aliphatic heterocycles. The van der Waals surface area contributed by atoms with Crippen molar-refractivity contribution < 1.29 is 14.0 Å². The minimum Gasteiger partial charge on any atom is -0.347 e. The Balaban J connectivity index is 2.15. The third kappa shape index (κ3) is 3.71. The van der Waals surface area contributed by atoms with Crippen molar-refractivity contribution in [3.05, 3.63) is 35.6 Å². The first kappa shape index (κ1) is 15.3. The van der Waals surface area contributed by atoms with E-state index in [1.165, 1.54) is 12.1 Å². The van der Waals surface area contributed by atoms with Crippen molar-refractivity contribution in [2.45, 2.75) is 32.9 Å². The second-order valence-corrected chi connectivity index (χ2v) is 6.27. The molecule has 1 fully saturated rings. The van der Waals surface area contributed by atoms with E-state index in [4.69, 9.17) is 0 Å². The fourth-order valence-electron chi connectivity index (χ4n) is 2.31. The quantitative estimate of drug-likeness (QED) is 0.794. The number of urea groups is 1. The molecule has 0 aliphatic carbocycles. The van der Waals surface area contributed by atoms with Gasteiger partial charge in [-0.3, -0.25) is 4.79 Å². The molecule has 0 spiro atoms. The van der Waals surface area contributed by atoms with Gasteiger partial charge in [-0.15, -0.1) is 0 Å². The molecule has 2 rings (SSSR count). The fraction of sp³-hybridized carbons (Fsp3) is 0.467. The summed E-state index contributed by atoms with van der Waals surface area (Å²) in [7, 11) is 0. The zero-order valence-electron chi connectivity index (χ0n) is 12.4. The first-order valence-electron chi connectivity index (χ1n) is 6.87. The van der Waals surface area contributed by atoms with Crippen molar-refractivity contribution in [3.8, 4) is 0 Å². The molecule has 1 saturated heterocycles. The number of halogens is 1. The molecule has 1 heterocycles. The molecule has 3 N–H and O–H groups in total. The van der Waals surface area contributed by atoms with E-state index in [2.05, 4.69) is 16.0 Å². The van der Waals surface area contributed by atoms with Crippen LogP contribution in [0.1, 0.15) is 32.4 Å². The summed E-state index contributed by atoms with van der Waals surface area (Å²) in [5.74, 6) is -0.567.